The molecule has 1 amide bonds. The number of rotatable bonds is 6. The summed E-state index contributed by atoms with van der Waals surface area (Å²) in [6.07, 6.45) is 3.60. The minimum Gasteiger partial charge on any atom is -0.444 e. The molecule has 1 rings (SSSR count). The van der Waals surface area contributed by atoms with Crippen LogP contribution in [0.2, 0.25) is 0 Å². The Bertz CT molecular complexity index is 311. The van der Waals surface area contributed by atoms with Gasteiger partial charge in [0.2, 0.25) is 0 Å². The lowest BCUT2D eigenvalue weighted by Gasteiger charge is -2.37. The van der Waals surface area contributed by atoms with Crippen molar-refractivity contribution in [3.8, 4) is 0 Å². The zero-order chi connectivity index (χ0) is 15.3. The molecule has 0 aromatic carbocycles. The zero-order valence-electron chi connectivity index (χ0n) is 13.6. The summed E-state index contributed by atoms with van der Waals surface area (Å²) >= 11 is 0. The van der Waals surface area contributed by atoms with Crippen molar-refractivity contribution in [2.75, 3.05) is 20.1 Å². The lowest BCUT2D eigenvalue weighted by atomic mass is 9.85. The van der Waals surface area contributed by atoms with Gasteiger partial charge in [0.25, 0.3) is 0 Å². The first-order valence-electron chi connectivity index (χ1n) is 7.62. The van der Waals surface area contributed by atoms with Crippen LogP contribution in [0.3, 0.4) is 0 Å². The number of carbonyl (C=O) groups excluding carboxylic acids is 1. The SMILES string of the molecule is CC(NC(=O)OC(C)(C)C)C(CN)N(C)CC1CCC1. The molecule has 0 bridgehead atoms. The van der Waals surface area contributed by atoms with E-state index in [1.54, 1.807) is 0 Å². The van der Waals surface area contributed by atoms with Crippen molar-refractivity contribution in [2.45, 2.75) is 64.6 Å². The predicted octanol–water partition coefficient (Wildman–Crippen LogP) is 1.96. The van der Waals surface area contributed by atoms with Crippen molar-refractivity contribution in [1.29, 1.82) is 0 Å². The van der Waals surface area contributed by atoms with Gasteiger partial charge in [0.15, 0.2) is 0 Å². The number of hydrogen-bond donors (Lipinski definition) is 2. The highest BCUT2D eigenvalue weighted by Gasteiger charge is 2.27. The number of nitrogens with two attached hydrogens (primary N) is 1. The van der Waals surface area contributed by atoms with E-state index in [4.69, 9.17) is 10.5 Å². The maximum atomic E-state index is 11.8. The van der Waals surface area contributed by atoms with Crippen molar-refractivity contribution in [1.82, 2.24) is 10.2 Å². The van der Waals surface area contributed by atoms with E-state index in [0.29, 0.717) is 6.54 Å². The Morgan fingerprint density at radius 2 is 2.05 bits per heavy atom. The van der Waals surface area contributed by atoms with Crippen LogP contribution in [0.4, 0.5) is 4.79 Å². The fourth-order valence-corrected chi connectivity index (χ4v) is 2.57. The molecule has 5 heteroatoms. The average molecular weight is 285 g/mol. The number of alkyl carbamates (subject to hydrolysis) is 1. The monoisotopic (exact) mass is 285 g/mol. The second-order valence-electron chi connectivity index (χ2n) is 6.97. The van der Waals surface area contributed by atoms with Gasteiger partial charge in [-0.15, -0.1) is 0 Å². The van der Waals surface area contributed by atoms with Gasteiger partial charge in [-0.2, -0.15) is 0 Å². The molecule has 20 heavy (non-hydrogen) atoms. The van der Waals surface area contributed by atoms with Gasteiger partial charge in [-0.05, 0) is 53.5 Å². The van der Waals surface area contributed by atoms with Crippen LogP contribution in [0.5, 0.6) is 0 Å². The Labute approximate surface area is 123 Å². The largest absolute Gasteiger partial charge is 0.444 e. The first-order chi connectivity index (χ1) is 9.23. The number of hydrogen-bond acceptors (Lipinski definition) is 4. The zero-order valence-corrected chi connectivity index (χ0v) is 13.6. The van der Waals surface area contributed by atoms with Crippen molar-refractivity contribution in [3.05, 3.63) is 0 Å². The van der Waals surface area contributed by atoms with Crippen LogP contribution in [-0.2, 0) is 4.74 Å². The van der Waals surface area contributed by atoms with Crippen LogP contribution in [0.25, 0.3) is 0 Å². The van der Waals surface area contributed by atoms with Gasteiger partial charge in [0.1, 0.15) is 5.60 Å². The molecule has 3 N–H and O–H groups in total. The number of carbonyl (C=O) groups is 1. The molecule has 2 atom stereocenters. The summed E-state index contributed by atoms with van der Waals surface area (Å²) in [5, 5.41) is 2.89. The third-order valence-electron chi connectivity index (χ3n) is 3.90. The van der Waals surface area contributed by atoms with Gasteiger partial charge in [-0.25, -0.2) is 4.79 Å². The normalized spacial score (nSPS) is 19.4. The van der Waals surface area contributed by atoms with E-state index in [9.17, 15) is 4.79 Å². The van der Waals surface area contributed by atoms with Crippen LogP contribution >= 0.6 is 0 Å². The molecule has 2 unspecified atom stereocenters. The Balaban J connectivity index is 2.44. The second-order valence-corrected chi connectivity index (χ2v) is 6.97. The smallest absolute Gasteiger partial charge is 0.407 e. The van der Waals surface area contributed by atoms with Crippen molar-refractivity contribution in [2.24, 2.45) is 11.7 Å². The molecular weight excluding hydrogens is 254 g/mol. The van der Waals surface area contributed by atoms with Crippen LogP contribution in [0.15, 0.2) is 0 Å². The van der Waals surface area contributed by atoms with Gasteiger partial charge in [0.05, 0.1) is 0 Å². The molecule has 118 valence electrons. The lowest BCUT2D eigenvalue weighted by Crippen LogP contribution is -2.54. The molecule has 0 heterocycles. The molecular formula is C15H31N3O2. The molecule has 5 nitrogen and oxygen atoms in total. The van der Waals surface area contributed by atoms with Crippen molar-refractivity contribution in [3.63, 3.8) is 0 Å². The van der Waals surface area contributed by atoms with Gasteiger partial charge < -0.3 is 15.8 Å². The molecule has 0 radical (unpaired) electrons. The third kappa shape index (κ3) is 5.67. The van der Waals surface area contributed by atoms with Gasteiger partial charge in [-0.1, -0.05) is 6.42 Å². The van der Waals surface area contributed by atoms with E-state index in [-0.39, 0.29) is 18.2 Å². The third-order valence-corrected chi connectivity index (χ3v) is 3.90. The first kappa shape index (κ1) is 17.2. The van der Waals surface area contributed by atoms with Crippen LogP contribution in [0, 0.1) is 5.92 Å². The molecule has 1 aliphatic carbocycles. The quantitative estimate of drug-likeness (QED) is 0.783. The Morgan fingerprint density at radius 1 is 1.45 bits per heavy atom. The molecule has 0 aromatic rings. The molecule has 0 aliphatic heterocycles. The van der Waals surface area contributed by atoms with E-state index in [0.717, 1.165) is 12.5 Å². The van der Waals surface area contributed by atoms with E-state index < -0.39 is 5.60 Å². The molecule has 1 saturated carbocycles. The Hall–Kier alpha value is -0.810. The maximum absolute atomic E-state index is 11.8. The average Bonchev–Trinajstić information content (AvgIpc) is 2.21. The molecule has 1 aliphatic rings. The van der Waals surface area contributed by atoms with Gasteiger partial charge in [0, 0.05) is 25.2 Å². The Kier molecular flexibility index (Phi) is 6.27. The predicted molar refractivity (Wildman–Crippen MR) is 81.6 cm³/mol. The highest BCUT2D eigenvalue weighted by molar-refractivity contribution is 5.68. The summed E-state index contributed by atoms with van der Waals surface area (Å²) in [6.45, 7) is 9.16. The summed E-state index contributed by atoms with van der Waals surface area (Å²) in [7, 11) is 2.09. The summed E-state index contributed by atoms with van der Waals surface area (Å²) in [5.41, 5.74) is 5.41. The standard InChI is InChI=1S/C15H31N3O2/c1-11(17-14(19)20-15(2,3)4)13(9-16)18(5)10-12-7-6-8-12/h11-13H,6-10,16H2,1-5H3,(H,17,19). The highest BCUT2D eigenvalue weighted by Crippen LogP contribution is 2.27. The molecule has 0 spiro atoms. The van der Waals surface area contributed by atoms with E-state index in [2.05, 4.69) is 17.3 Å². The highest BCUT2D eigenvalue weighted by atomic mass is 16.6. The molecule has 0 saturated heterocycles. The van der Waals surface area contributed by atoms with E-state index >= 15 is 0 Å². The van der Waals surface area contributed by atoms with Gasteiger partial charge >= 0.3 is 6.09 Å². The number of likely N-dealkylation sites (N-methyl/N-ethyl adjacent to an activating group) is 1. The van der Waals surface area contributed by atoms with Crippen molar-refractivity contribution >= 4 is 6.09 Å². The lowest BCUT2D eigenvalue weighted by molar-refractivity contribution is 0.0469. The summed E-state index contributed by atoms with van der Waals surface area (Å²) in [6, 6.07) is 0.114. The summed E-state index contributed by atoms with van der Waals surface area (Å²) in [5.74, 6) is 0.794. The van der Waals surface area contributed by atoms with Gasteiger partial charge in [-0.3, -0.25) is 4.90 Å². The number of nitrogens with one attached hydrogen (secondary N) is 1. The fourth-order valence-electron chi connectivity index (χ4n) is 2.57. The maximum Gasteiger partial charge on any atom is 0.407 e. The topological polar surface area (TPSA) is 67.6 Å². The number of amides is 1. The van der Waals surface area contributed by atoms with E-state index in [1.165, 1.54) is 19.3 Å². The van der Waals surface area contributed by atoms with Crippen LogP contribution in [0.1, 0.15) is 47.0 Å². The molecule has 1 fully saturated rings. The number of nitrogens with zero attached hydrogens (tertiary/aromatic N) is 1. The van der Waals surface area contributed by atoms with Crippen LogP contribution < -0.4 is 11.1 Å². The second kappa shape index (κ2) is 7.27. The van der Waals surface area contributed by atoms with E-state index in [1.807, 2.05) is 27.7 Å². The Morgan fingerprint density at radius 3 is 2.45 bits per heavy atom. The van der Waals surface area contributed by atoms with Crippen LogP contribution in [-0.4, -0.2) is 48.8 Å². The molecule has 0 aromatic heterocycles. The summed E-state index contributed by atoms with van der Waals surface area (Å²) < 4.78 is 5.29. The minimum absolute atomic E-state index is 0.0278. The van der Waals surface area contributed by atoms with Crippen molar-refractivity contribution < 1.29 is 9.53 Å². The fraction of sp³-hybridized carbons (Fsp3) is 0.933. The first-order valence-corrected chi connectivity index (χ1v) is 7.62. The summed E-state index contributed by atoms with van der Waals surface area (Å²) in [4.78, 5) is 14.1. The minimum atomic E-state index is -0.472. The number of ether oxygens (including phenoxy) is 1.